The number of phosphoric acid groups is 2. The Morgan fingerprint density at radius 2 is 0.472 bits per heavy atom. The largest absolute Gasteiger partial charge is 0.472 e. The van der Waals surface area contributed by atoms with Crippen LogP contribution in [-0.4, -0.2) is 96.7 Å². The van der Waals surface area contributed by atoms with Crippen molar-refractivity contribution in [3.8, 4) is 0 Å². The van der Waals surface area contributed by atoms with Crippen molar-refractivity contribution in [2.24, 2.45) is 17.8 Å². The van der Waals surface area contributed by atoms with Gasteiger partial charge in [0.15, 0.2) is 12.2 Å². The lowest BCUT2D eigenvalue weighted by atomic mass is 9.99. The van der Waals surface area contributed by atoms with Gasteiger partial charge in [-0.15, -0.1) is 0 Å². The second kappa shape index (κ2) is 78.9. The maximum absolute atomic E-state index is 13.2. The van der Waals surface area contributed by atoms with Gasteiger partial charge >= 0.3 is 39.5 Å². The van der Waals surface area contributed by atoms with Crippen LogP contribution in [0.1, 0.15) is 472 Å². The first-order valence-electron chi connectivity index (χ1n) is 45.9. The van der Waals surface area contributed by atoms with E-state index in [0.717, 1.165) is 108 Å². The lowest BCUT2D eigenvalue weighted by Gasteiger charge is -2.21. The Balaban J connectivity index is 5.28. The molecule has 0 aromatic rings. The first-order chi connectivity index (χ1) is 52.3. The molecule has 108 heavy (non-hydrogen) atoms. The first kappa shape index (κ1) is 106. The maximum Gasteiger partial charge on any atom is 0.472 e. The SMILES string of the molecule is CCCCCCCCCCCCCCCC(=O)OC[C@H](COP(=O)(O)OC[C@H](O)COP(=O)(O)OC[C@@H](COC(=O)CCCCCCCCCCCCCCCCC(C)CC)OC(=O)CCCCCCCCCCCCCCCCCCC(C)C)OC(=O)CCCCCCCCCCCCCCCCC(C)CC. The summed E-state index contributed by atoms with van der Waals surface area (Å²) in [5, 5.41) is 10.7. The Kier molecular flexibility index (Phi) is 77.5. The number of hydrogen-bond donors (Lipinski definition) is 3. The number of carbonyl (C=O) groups excluding carboxylic acids is 4. The molecule has 4 unspecified atom stereocenters. The van der Waals surface area contributed by atoms with Gasteiger partial charge in [-0.1, -0.05) is 421 Å². The molecule has 0 heterocycles. The zero-order valence-corrected chi connectivity index (χ0v) is 73.1. The van der Waals surface area contributed by atoms with Crippen LogP contribution in [0.5, 0.6) is 0 Å². The predicted octanol–water partition coefficient (Wildman–Crippen LogP) is 27.3. The van der Waals surface area contributed by atoms with Crippen molar-refractivity contribution in [1.29, 1.82) is 0 Å². The molecule has 0 radical (unpaired) electrons. The molecule has 642 valence electrons. The summed E-state index contributed by atoms with van der Waals surface area (Å²) in [6.07, 6.45) is 70.5. The third-order valence-electron chi connectivity index (χ3n) is 21.6. The highest BCUT2D eigenvalue weighted by Gasteiger charge is 2.31. The fraction of sp³-hybridized carbons (Fsp3) is 0.955. The van der Waals surface area contributed by atoms with E-state index in [9.17, 15) is 43.2 Å². The zero-order chi connectivity index (χ0) is 79.3. The average Bonchev–Trinajstić information content (AvgIpc) is 0.900. The van der Waals surface area contributed by atoms with Crippen molar-refractivity contribution in [1.82, 2.24) is 0 Å². The molecular weight excluding hydrogens is 1400 g/mol. The van der Waals surface area contributed by atoms with Gasteiger partial charge in [0, 0.05) is 25.7 Å². The number of phosphoric ester groups is 2. The van der Waals surface area contributed by atoms with Gasteiger partial charge in [-0.05, 0) is 43.4 Å². The Labute approximate surface area is 664 Å². The Morgan fingerprint density at radius 3 is 0.704 bits per heavy atom. The highest BCUT2D eigenvalue weighted by atomic mass is 31.2. The minimum atomic E-state index is -4.97. The van der Waals surface area contributed by atoms with E-state index in [1.807, 2.05) is 0 Å². The van der Waals surface area contributed by atoms with E-state index in [4.69, 9.17) is 37.0 Å². The standard InChI is InChI=1S/C89H174O17P2/c1-8-11-12-13-14-15-16-25-35-42-49-56-63-70-86(91)99-76-84(106-89(94)73-66-59-52-45-38-31-24-22-28-34-41-48-55-62-69-82(7)10-3)78-103-107(95,96)101-74-83(90)75-102-108(97,98)104-79-85(77-100-87(92)71-64-57-50-43-36-29-23-21-27-33-40-47-54-61-68-81(6)9-2)105-88(93)72-65-58-51-44-37-30-20-18-17-19-26-32-39-46-53-60-67-80(4)5/h80-85,90H,8-79H2,1-7H3,(H,95,96)(H,97,98)/t81?,82?,83-,84+,85+/m0/s1. The molecule has 17 nitrogen and oxygen atoms in total. The highest BCUT2D eigenvalue weighted by molar-refractivity contribution is 7.47. The van der Waals surface area contributed by atoms with Gasteiger partial charge in [0.25, 0.3) is 0 Å². The molecule has 0 aromatic carbocycles. The molecule has 7 atom stereocenters. The number of ether oxygens (including phenoxy) is 4. The number of carbonyl (C=O) groups is 4. The summed E-state index contributed by atoms with van der Waals surface area (Å²) in [6, 6.07) is 0. The van der Waals surface area contributed by atoms with Crippen LogP contribution in [0.4, 0.5) is 0 Å². The molecule has 0 fully saturated rings. The highest BCUT2D eigenvalue weighted by Crippen LogP contribution is 2.45. The molecular formula is C89H174O17P2. The monoisotopic (exact) mass is 1580 g/mol. The molecule has 0 spiro atoms. The van der Waals surface area contributed by atoms with Crippen molar-refractivity contribution < 1.29 is 80.2 Å². The van der Waals surface area contributed by atoms with Crippen LogP contribution in [0.3, 0.4) is 0 Å². The molecule has 0 aliphatic carbocycles. The second-order valence-electron chi connectivity index (χ2n) is 32.9. The molecule has 0 amide bonds. The molecule has 19 heteroatoms. The average molecular weight is 1580 g/mol. The molecule has 0 aliphatic heterocycles. The molecule has 0 saturated heterocycles. The molecule has 3 N–H and O–H groups in total. The van der Waals surface area contributed by atoms with Crippen LogP contribution in [0.25, 0.3) is 0 Å². The van der Waals surface area contributed by atoms with Crippen LogP contribution in [-0.2, 0) is 65.4 Å². The van der Waals surface area contributed by atoms with Gasteiger partial charge in [0.05, 0.1) is 26.4 Å². The Morgan fingerprint density at radius 1 is 0.269 bits per heavy atom. The number of hydrogen-bond acceptors (Lipinski definition) is 15. The van der Waals surface area contributed by atoms with E-state index in [1.54, 1.807) is 0 Å². The van der Waals surface area contributed by atoms with E-state index in [0.29, 0.717) is 25.7 Å². The Hall–Kier alpha value is -1.94. The number of rotatable bonds is 87. The summed E-state index contributed by atoms with van der Waals surface area (Å²) in [5.41, 5.74) is 0. The summed E-state index contributed by atoms with van der Waals surface area (Å²) in [6.45, 7) is 12.1. The summed E-state index contributed by atoms with van der Waals surface area (Å²) in [5.74, 6) is 0.407. The van der Waals surface area contributed by atoms with Gasteiger partial charge in [0.2, 0.25) is 0 Å². The van der Waals surface area contributed by atoms with Crippen LogP contribution in [0, 0.1) is 17.8 Å². The van der Waals surface area contributed by atoms with Gasteiger partial charge in [-0.3, -0.25) is 37.3 Å². The first-order valence-corrected chi connectivity index (χ1v) is 48.9. The molecule has 0 aliphatic rings. The summed E-state index contributed by atoms with van der Waals surface area (Å²) in [7, 11) is -9.94. The smallest absolute Gasteiger partial charge is 0.462 e. The predicted molar refractivity (Wildman–Crippen MR) is 446 cm³/mol. The van der Waals surface area contributed by atoms with E-state index < -0.39 is 97.5 Å². The third kappa shape index (κ3) is 79.3. The zero-order valence-electron chi connectivity index (χ0n) is 71.3. The second-order valence-corrected chi connectivity index (χ2v) is 35.9. The van der Waals surface area contributed by atoms with Crippen molar-refractivity contribution in [3.63, 3.8) is 0 Å². The van der Waals surface area contributed by atoms with Crippen LogP contribution < -0.4 is 0 Å². The lowest BCUT2D eigenvalue weighted by molar-refractivity contribution is -0.161. The number of unbranched alkanes of at least 4 members (excludes halogenated alkanes) is 53. The quantitative estimate of drug-likeness (QED) is 0.0222. The fourth-order valence-electron chi connectivity index (χ4n) is 13.8. The van der Waals surface area contributed by atoms with E-state index >= 15 is 0 Å². The van der Waals surface area contributed by atoms with Gasteiger partial charge in [-0.25, -0.2) is 9.13 Å². The van der Waals surface area contributed by atoms with Gasteiger partial charge in [0.1, 0.15) is 19.3 Å². The van der Waals surface area contributed by atoms with Crippen molar-refractivity contribution in [3.05, 3.63) is 0 Å². The topological polar surface area (TPSA) is 237 Å². The minimum absolute atomic E-state index is 0.108. The summed E-state index contributed by atoms with van der Waals surface area (Å²) < 4.78 is 69.1. The van der Waals surface area contributed by atoms with Crippen molar-refractivity contribution >= 4 is 39.5 Å². The van der Waals surface area contributed by atoms with E-state index in [1.165, 1.54) is 283 Å². The molecule has 0 rings (SSSR count). The van der Waals surface area contributed by atoms with Crippen molar-refractivity contribution in [2.45, 2.75) is 491 Å². The third-order valence-corrected chi connectivity index (χ3v) is 23.5. The van der Waals surface area contributed by atoms with Gasteiger partial charge in [-0.2, -0.15) is 0 Å². The number of esters is 4. The molecule has 0 bridgehead atoms. The minimum Gasteiger partial charge on any atom is -0.462 e. The number of aliphatic hydroxyl groups excluding tert-OH is 1. The van der Waals surface area contributed by atoms with Crippen LogP contribution in [0.15, 0.2) is 0 Å². The number of aliphatic hydroxyl groups is 1. The normalized spacial score (nSPS) is 14.3. The van der Waals surface area contributed by atoms with E-state index in [2.05, 4.69) is 48.5 Å². The lowest BCUT2D eigenvalue weighted by Crippen LogP contribution is -2.30. The maximum atomic E-state index is 13.2. The van der Waals surface area contributed by atoms with Gasteiger partial charge < -0.3 is 33.8 Å². The molecule has 0 aromatic heterocycles. The van der Waals surface area contributed by atoms with Crippen molar-refractivity contribution in [2.75, 3.05) is 39.6 Å². The van der Waals surface area contributed by atoms with Crippen LogP contribution in [0.2, 0.25) is 0 Å². The van der Waals surface area contributed by atoms with Crippen LogP contribution >= 0.6 is 15.6 Å². The Bertz CT molecular complexity index is 2080. The van der Waals surface area contributed by atoms with E-state index in [-0.39, 0.29) is 25.7 Å². The summed E-state index contributed by atoms with van der Waals surface area (Å²) >= 11 is 0. The fourth-order valence-corrected chi connectivity index (χ4v) is 15.4. The molecule has 0 saturated carbocycles. The summed E-state index contributed by atoms with van der Waals surface area (Å²) in [4.78, 5) is 73.4.